The Bertz CT molecular complexity index is 280. The van der Waals surface area contributed by atoms with Crippen molar-refractivity contribution in [2.45, 2.75) is 174 Å². The molecule has 0 saturated carbocycles. The minimum atomic E-state index is -1.73. The minimum absolute atomic E-state index is 1.15. The Kier molecular flexibility index (Phi) is 22.6. The molecule has 0 aromatic carbocycles. The monoisotopic (exact) mass is 516 g/mol. The van der Waals surface area contributed by atoms with E-state index in [0.717, 1.165) is 3.93 Å². The van der Waals surface area contributed by atoms with Crippen LogP contribution >= 0.6 is 0 Å². The first-order chi connectivity index (χ1) is 14.0. The van der Waals surface area contributed by atoms with Crippen LogP contribution in [0.3, 0.4) is 0 Å². The Morgan fingerprint density at radius 3 is 0.862 bits per heavy atom. The molecule has 29 heavy (non-hydrogen) atoms. The maximum absolute atomic E-state index is 2.69. The van der Waals surface area contributed by atoms with E-state index in [-0.39, 0.29) is 0 Å². The molecule has 0 saturated heterocycles. The summed E-state index contributed by atoms with van der Waals surface area (Å²) in [5, 5.41) is 0. The second kappa shape index (κ2) is 22.0. The SMILES string of the molecule is CCCCCCCCCCCC[CH](CCCCCCCCCCCC)[Sn]([CH3])([CH3])[CH3]. The third-order valence-corrected chi connectivity index (χ3v) is 15.7. The molecule has 176 valence electrons. The van der Waals surface area contributed by atoms with Gasteiger partial charge >= 0.3 is 178 Å². The normalized spacial score (nSPS) is 12.2. The molecular formula is C28H60Sn. The van der Waals surface area contributed by atoms with Gasteiger partial charge in [-0.3, -0.25) is 0 Å². The van der Waals surface area contributed by atoms with Crippen molar-refractivity contribution in [2.75, 3.05) is 0 Å². The average Bonchev–Trinajstić information content (AvgIpc) is 2.68. The molecule has 0 nitrogen and oxygen atoms in total. The molecule has 0 aliphatic heterocycles. The molecule has 0 aromatic rings. The third-order valence-electron chi connectivity index (χ3n) is 7.04. The second-order valence-corrected chi connectivity index (χ2v) is 26.8. The molecule has 0 radical (unpaired) electrons. The van der Waals surface area contributed by atoms with Crippen molar-refractivity contribution in [1.29, 1.82) is 0 Å². The van der Waals surface area contributed by atoms with Gasteiger partial charge in [0.2, 0.25) is 0 Å². The van der Waals surface area contributed by atoms with Gasteiger partial charge in [0.1, 0.15) is 0 Å². The van der Waals surface area contributed by atoms with Gasteiger partial charge in [-0.15, -0.1) is 0 Å². The van der Waals surface area contributed by atoms with Crippen molar-refractivity contribution in [2.24, 2.45) is 0 Å². The fourth-order valence-electron chi connectivity index (χ4n) is 4.77. The standard InChI is InChI=1S/C25H51.3CH3.Sn/c1-3-5-7-9-11-13-15-17-19-21-23-25-24-22-20-18-16-14-12-10-8-6-4-2;;;;/h25H,3-24H2,1-2H3;3*1H3;. The van der Waals surface area contributed by atoms with Gasteiger partial charge in [0.25, 0.3) is 0 Å². The summed E-state index contributed by atoms with van der Waals surface area (Å²) in [6, 6.07) is 0. The Balaban J connectivity index is 3.61. The summed E-state index contributed by atoms with van der Waals surface area (Å²) in [4.78, 5) is 8.06. The van der Waals surface area contributed by atoms with Crippen LogP contribution in [0.2, 0.25) is 18.8 Å². The van der Waals surface area contributed by atoms with Crippen LogP contribution < -0.4 is 0 Å². The molecule has 0 unspecified atom stereocenters. The number of unbranched alkanes of at least 4 members (excludes halogenated alkanes) is 18. The van der Waals surface area contributed by atoms with Crippen molar-refractivity contribution in [3.05, 3.63) is 0 Å². The van der Waals surface area contributed by atoms with E-state index >= 15 is 0 Å². The van der Waals surface area contributed by atoms with Crippen molar-refractivity contribution in [1.82, 2.24) is 0 Å². The quantitative estimate of drug-likeness (QED) is 0.0938. The Morgan fingerprint density at radius 2 is 0.621 bits per heavy atom. The predicted molar refractivity (Wildman–Crippen MR) is 140 cm³/mol. The summed E-state index contributed by atoms with van der Waals surface area (Å²) in [5.41, 5.74) is 0. The zero-order valence-corrected chi connectivity index (χ0v) is 24.5. The maximum atomic E-state index is 2.69. The van der Waals surface area contributed by atoms with Gasteiger partial charge < -0.3 is 0 Å². The average molecular weight is 515 g/mol. The number of rotatable bonds is 23. The first-order valence-electron chi connectivity index (χ1n) is 14.0. The van der Waals surface area contributed by atoms with Crippen LogP contribution in [0.1, 0.15) is 155 Å². The molecule has 0 spiro atoms. The van der Waals surface area contributed by atoms with Gasteiger partial charge in [0.15, 0.2) is 0 Å². The van der Waals surface area contributed by atoms with E-state index < -0.39 is 18.4 Å². The summed E-state index contributed by atoms with van der Waals surface area (Å²) >= 11 is -1.73. The second-order valence-electron chi connectivity index (χ2n) is 11.0. The molecule has 0 N–H and O–H groups in total. The third kappa shape index (κ3) is 21.8. The van der Waals surface area contributed by atoms with E-state index in [2.05, 4.69) is 28.7 Å². The van der Waals surface area contributed by atoms with Crippen LogP contribution in [-0.2, 0) is 0 Å². The van der Waals surface area contributed by atoms with E-state index in [9.17, 15) is 0 Å². The van der Waals surface area contributed by atoms with E-state index in [0.29, 0.717) is 0 Å². The summed E-state index contributed by atoms with van der Waals surface area (Å²) in [6.07, 6.45) is 32.6. The van der Waals surface area contributed by atoms with Gasteiger partial charge in [-0.1, -0.05) is 13.8 Å². The summed E-state index contributed by atoms with van der Waals surface area (Å²) < 4.78 is 1.15. The molecule has 0 atom stereocenters. The van der Waals surface area contributed by atoms with Gasteiger partial charge in [-0.25, -0.2) is 0 Å². The van der Waals surface area contributed by atoms with Crippen LogP contribution in [0.5, 0.6) is 0 Å². The van der Waals surface area contributed by atoms with E-state index in [1.54, 1.807) is 12.8 Å². The molecule has 0 fully saturated rings. The summed E-state index contributed by atoms with van der Waals surface area (Å²) in [5.74, 6) is 0. The zero-order chi connectivity index (χ0) is 21.6. The van der Waals surface area contributed by atoms with Crippen LogP contribution in [0.25, 0.3) is 0 Å². The van der Waals surface area contributed by atoms with E-state index in [1.807, 2.05) is 0 Å². The molecule has 0 aromatic heterocycles. The molecule has 0 aliphatic carbocycles. The van der Waals surface area contributed by atoms with Crippen LogP contribution in [0, 0.1) is 0 Å². The Morgan fingerprint density at radius 1 is 0.379 bits per heavy atom. The molecule has 0 rings (SSSR count). The first-order valence-corrected chi connectivity index (χ1v) is 24.2. The topological polar surface area (TPSA) is 0 Å². The number of hydrogen-bond acceptors (Lipinski definition) is 0. The van der Waals surface area contributed by atoms with Gasteiger partial charge in [0, 0.05) is 0 Å². The predicted octanol–water partition coefficient (Wildman–Crippen LogP) is 11.3. The van der Waals surface area contributed by atoms with Crippen molar-refractivity contribution in [3.63, 3.8) is 0 Å². The molecule has 0 bridgehead atoms. The zero-order valence-electron chi connectivity index (χ0n) is 21.6. The summed E-state index contributed by atoms with van der Waals surface area (Å²) in [7, 11) is 0. The van der Waals surface area contributed by atoms with Crippen LogP contribution in [0.4, 0.5) is 0 Å². The molecule has 0 amide bonds. The van der Waals surface area contributed by atoms with Crippen molar-refractivity contribution >= 4 is 18.4 Å². The first kappa shape index (κ1) is 29.8. The molecule has 0 aliphatic rings. The Labute approximate surface area is 191 Å². The fourth-order valence-corrected chi connectivity index (χ4v) is 10.9. The summed E-state index contributed by atoms with van der Waals surface area (Å²) in [6.45, 7) is 4.62. The van der Waals surface area contributed by atoms with Crippen molar-refractivity contribution < 1.29 is 0 Å². The van der Waals surface area contributed by atoms with Gasteiger partial charge in [-0.05, 0) is 0 Å². The molecule has 0 heterocycles. The van der Waals surface area contributed by atoms with Gasteiger partial charge in [-0.2, -0.15) is 0 Å². The molecular weight excluding hydrogens is 455 g/mol. The van der Waals surface area contributed by atoms with Crippen molar-refractivity contribution in [3.8, 4) is 0 Å². The Hall–Kier alpha value is 0.799. The van der Waals surface area contributed by atoms with E-state index in [1.165, 1.54) is 128 Å². The fraction of sp³-hybridized carbons (Fsp3) is 1.00. The number of hydrogen-bond donors (Lipinski definition) is 0. The van der Waals surface area contributed by atoms with Gasteiger partial charge in [0.05, 0.1) is 0 Å². The molecule has 1 heteroatoms. The van der Waals surface area contributed by atoms with E-state index in [4.69, 9.17) is 0 Å². The van der Waals surface area contributed by atoms with Crippen LogP contribution in [-0.4, -0.2) is 18.4 Å². The van der Waals surface area contributed by atoms with Crippen LogP contribution in [0.15, 0.2) is 0 Å².